The molecule has 0 atom stereocenters. The van der Waals surface area contributed by atoms with Crippen LogP contribution in [0.1, 0.15) is 31.2 Å². The first-order valence-corrected chi connectivity index (χ1v) is 6.49. The summed E-state index contributed by atoms with van der Waals surface area (Å²) in [6, 6.07) is 4.06. The summed E-state index contributed by atoms with van der Waals surface area (Å²) in [6.45, 7) is 5.07. The normalized spacial score (nSPS) is 10.8. The van der Waals surface area contributed by atoms with Crippen molar-refractivity contribution in [1.82, 2.24) is 14.3 Å². The molecule has 2 rings (SSSR count). The molecule has 2 aromatic rings. The number of rotatable bonds is 5. The molecule has 0 spiro atoms. The minimum absolute atomic E-state index is 0.391. The third-order valence-electron chi connectivity index (χ3n) is 2.40. The number of aromatic nitrogens is 3. The summed E-state index contributed by atoms with van der Waals surface area (Å²) < 4.78 is 4.30. The van der Waals surface area contributed by atoms with E-state index in [0.717, 1.165) is 23.9 Å². The van der Waals surface area contributed by atoms with E-state index in [2.05, 4.69) is 33.5 Å². The molecular formula is C12H16N4S. The highest BCUT2D eigenvalue weighted by Crippen LogP contribution is 2.17. The molecule has 0 aromatic carbocycles. The number of hydrogen-bond acceptors (Lipinski definition) is 5. The maximum atomic E-state index is 4.42. The number of pyridine rings is 1. The van der Waals surface area contributed by atoms with Crippen molar-refractivity contribution in [2.24, 2.45) is 0 Å². The molecule has 90 valence electrons. The predicted molar refractivity (Wildman–Crippen MR) is 70.4 cm³/mol. The minimum Gasteiger partial charge on any atom is -0.360 e. The van der Waals surface area contributed by atoms with Gasteiger partial charge in [0.1, 0.15) is 5.82 Å². The highest BCUT2D eigenvalue weighted by molar-refractivity contribution is 7.09. The summed E-state index contributed by atoms with van der Waals surface area (Å²) in [5.74, 6) is 1.31. The topological polar surface area (TPSA) is 50.7 Å². The van der Waals surface area contributed by atoms with Gasteiger partial charge in [0.15, 0.2) is 0 Å². The highest BCUT2D eigenvalue weighted by atomic mass is 32.1. The van der Waals surface area contributed by atoms with E-state index in [-0.39, 0.29) is 0 Å². The lowest BCUT2D eigenvalue weighted by molar-refractivity contribution is 0.799. The summed E-state index contributed by atoms with van der Waals surface area (Å²) in [5, 5.41) is 4.20. The van der Waals surface area contributed by atoms with Crippen molar-refractivity contribution in [3.8, 4) is 0 Å². The summed E-state index contributed by atoms with van der Waals surface area (Å²) in [7, 11) is 0. The Bertz CT molecular complexity index is 453. The molecule has 4 nitrogen and oxygen atoms in total. The monoisotopic (exact) mass is 248 g/mol. The molecule has 2 heterocycles. The first-order chi connectivity index (χ1) is 8.25. The molecule has 0 radical (unpaired) electrons. The Kier molecular flexibility index (Phi) is 4.03. The fraction of sp³-hybridized carbons (Fsp3) is 0.417. The zero-order valence-electron chi connectivity index (χ0n) is 10.1. The van der Waals surface area contributed by atoms with Gasteiger partial charge in [0.2, 0.25) is 5.13 Å². The van der Waals surface area contributed by atoms with Crippen LogP contribution in [-0.2, 0) is 6.42 Å². The average Bonchev–Trinajstić information content (AvgIpc) is 2.79. The number of nitrogens with one attached hydrogen (secondary N) is 1. The van der Waals surface area contributed by atoms with Crippen LogP contribution in [0, 0.1) is 0 Å². The van der Waals surface area contributed by atoms with Crippen molar-refractivity contribution in [3.63, 3.8) is 0 Å². The molecule has 1 N–H and O–H groups in total. The van der Waals surface area contributed by atoms with Crippen molar-refractivity contribution in [3.05, 3.63) is 35.9 Å². The molecule has 5 heteroatoms. The van der Waals surface area contributed by atoms with Crippen LogP contribution in [0.4, 0.5) is 5.13 Å². The fourth-order valence-electron chi connectivity index (χ4n) is 1.40. The van der Waals surface area contributed by atoms with Gasteiger partial charge in [0, 0.05) is 36.4 Å². The van der Waals surface area contributed by atoms with Gasteiger partial charge >= 0.3 is 0 Å². The molecule has 0 saturated carbocycles. The SMILES string of the molecule is CC(C)c1nsc(NCCc2ccncc2)n1. The van der Waals surface area contributed by atoms with Crippen molar-refractivity contribution >= 4 is 16.7 Å². The standard InChI is InChI=1S/C12H16N4S/c1-9(2)11-15-12(17-16-11)14-8-5-10-3-6-13-7-4-10/h3-4,6-7,9H,5,8H2,1-2H3,(H,14,15,16). The summed E-state index contributed by atoms with van der Waals surface area (Å²) in [5.41, 5.74) is 1.28. The largest absolute Gasteiger partial charge is 0.360 e. The summed E-state index contributed by atoms with van der Waals surface area (Å²) >= 11 is 1.43. The molecule has 0 fully saturated rings. The molecule has 17 heavy (non-hydrogen) atoms. The summed E-state index contributed by atoms with van der Waals surface area (Å²) in [4.78, 5) is 8.42. The minimum atomic E-state index is 0.391. The average molecular weight is 248 g/mol. The van der Waals surface area contributed by atoms with Crippen molar-refractivity contribution in [1.29, 1.82) is 0 Å². The van der Waals surface area contributed by atoms with E-state index in [1.165, 1.54) is 17.1 Å². The van der Waals surface area contributed by atoms with Crippen LogP contribution in [0.5, 0.6) is 0 Å². The van der Waals surface area contributed by atoms with Gasteiger partial charge in [-0.15, -0.1) is 0 Å². The van der Waals surface area contributed by atoms with Gasteiger partial charge in [-0.2, -0.15) is 4.37 Å². The number of nitrogens with zero attached hydrogens (tertiary/aromatic N) is 3. The first kappa shape index (κ1) is 12.0. The van der Waals surface area contributed by atoms with Crippen LogP contribution >= 0.6 is 11.5 Å². The van der Waals surface area contributed by atoms with Gasteiger partial charge in [-0.05, 0) is 24.1 Å². The van der Waals surface area contributed by atoms with Gasteiger partial charge in [-0.3, -0.25) is 4.98 Å². The quantitative estimate of drug-likeness (QED) is 0.884. The van der Waals surface area contributed by atoms with E-state index in [4.69, 9.17) is 0 Å². The smallest absolute Gasteiger partial charge is 0.202 e. The van der Waals surface area contributed by atoms with E-state index in [1.54, 1.807) is 0 Å². The lowest BCUT2D eigenvalue weighted by Crippen LogP contribution is -2.04. The molecule has 0 bridgehead atoms. The Hall–Kier alpha value is -1.49. The Morgan fingerprint density at radius 2 is 2.06 bits per heavy atom. The molecule has 0 aliphatic rings. The van der Waals surface area contributed by atoms with Crippen LogP contribution in [0.15, 0.2) is 24.5 Å². The van der Waals surface area contributed by atoms with Crippen molar-refractivity contribution in [2.45, 2.75) is 26.2 Å². The third kappa shape index (κ3) is 3.49. The second-order valence-corrected chi connectivity index (χ2v) is 4.90. The Morgan fingerprint density at radius 1 is 1.29 bits per heavy atom. The lowest BCUT2D eigenvalue weighted by Gasteiger charge is -2.01. The summed E-state index contributed by atoms with van der Waals surface area (Å²) in [6.07, 6.45) is 4.60. The van der Waals surface area contributed by atoms with Crippen LogP contribution < -0.4 is 5.32 Å². The Morgan fingerprint density at radius 3 is 2.71 bits per heavy atom. The van der Waals surface area contributed by atoms with Crippen LogP contribution in [0.3, 0.4) is 0 Å². The van der Waals surface area contributed by atoms with Gasteiger partial charge in [0.05, 0.1) is 0 Å². The number of anilines is 1. The van der Waals surface area contributed by atoms with E-state index in [9.17, 15) is 0 Å². The van der Waals surface area contributed by atoms with E-state index >= 15 is 0 Å². The highest BCUT2D eigenvalue weighted by Gasteiger charge is 2.06. The van der Waals surface area contributed by atoms with E-state index in [1.807, 2.05) is 24.5 Å². The predicted octanol–water partition coefficient (Wildman–Crippen LogP) is 2.71. The Labute approximate surface area is 105 Å². The van der Waals surface area contributed by atoms with Crippen molar-refractivity contribution < 1.29 is 0 Å². The van der Waals surface area contributed by atoms with E-state index < -0.39 is 0 Å². The maximum absolute atomic E-state index is 4.42. The third-order valence-corrected chi connectivity index (χ3v) is 3.08. The Balaban J connectivity index is 1.82. The number of hydrogen-bond donors (Lipinski definition) is 1. The second-order valence-electron chi connectivity index (χ2n) is 4.14. The lowest BCUT2D eigenvalue weighted by atomic mass is 10.2. The van der Waals surface area contributed by atoms with Crippen molar-refractivity contribution in [2.75, 3.05) is 11.9 Å². The van der Waals surface area contributed by atoms with Gasteiger partial charge in [-0.25, -0.2) is 4.98 Å². The molecule has 0 unspecified atom stereocenters. The maximum Gasteiger partial charge on any atom is 0.202 e. The zero-order valence-corrected chi connectivity index (χ0v) is 10.9. The van der Waals surface area contributed by atoms with E-state index in [0.29, 0.717) is 5.92 Å². The molecule has 0 saturated heterocycles. The molecular weight excluding hydrogens is 232 g/mol. The van der Waals surface area contributed by atoms with Gasteiger partial charge in [-0.1, -0.05) is 13.8 Å². The van der Waals surface area contributed by atoms with Gasteiger partial charge < -0.3 is 5.32 Å². The van der Waals surface area contributed by atoms with Crippen LogP contribution in [0.25, 0.3) is 0 Å². The second kappa shape index (κ2) is 5.72. The molecule has 2 aromatic heterocycles. The van der Waals surface area contributed by atoms with Crippen LogP contribution in [-0.4, -0.2) is 20.9 Å². The van der Waals surface area contributed by atoms with Crippen LogP contribution in [0.2, 0.25) is 0 Å². The zero-order chi connectivity index (χ0) is 12.1. The fourth-order valence-corrected chi connectivity index (χ4v) is 2.14. The molecule has 0 amide bonds. The molecule has 0 aliphatic heterocycles. The van der Waals surface area contributed by atoms with Gasteiger partial charge in [0.25, 0.3) is 0 Å². The first-order valence-electron chi connectivity index (χ1n) is 5.72. The molecule has 0 aliphatic carbocycles.